The predicted octanol–water partition coefficient (Wildman–Crippen LogP) is 2.70. The van der Waals surface area contributed by atoms with Crippen LogP contribution in [-0.2, 0) is 6.54 Å². The van der Waals surface area contributed by atoms with Gasteiger partial charge in [0.2, 0.25) is 0 Å². The zero-order chi connectivity index (χ0) is 20.2. The molecule has 1 aliphatic heterocycles. The number of amides is 2. The Hall–Kier alpha value is -3.26. The van der Waals surface area contributed by atoms with Gasteiger partial charge in [-0.15, -0.1) is 0 Å². The highest BCUT2D eigenvalue weighted by molar-refractivity contribution is 5.90. The van der Waals surface area contributed by atoms with E-state index in [0.717, 1.165) is 31.0 Å². The van der Waals surface area contributed by atoms with Crippen molar-refractivity contribution in [1.29, 1.82) is 0 Å². The number of pyridine rings is 1. The van der Waals surface area contributed by atoms with Crippen LogP contribution in [0.2, 0.25) is 0 Å². The van der Waals surface area contributed by atoms with E-state index in [1.165, 1.54) is 0 Å². The Morgan fingerprint density at radius 3 is 2.48 bits per heavy atom. The summed E-state index contributed by atoms with van der Waals surface area (Å²) in [5.41, 5.74) is 2.76. The van der Waals surface area contributed by atoms with Gasteiger partial charge in [0.25, 0.3) is 0 Å². The van der Waals surface area contributed by atoms with Gasteiger partial charge in [0.05, 0.1) is 26.1 Å². The minimum Gasteiger partial charge on any atom is -0.497 e. The quantitative estimate of drug-likeness (QED) is 0.719. The number of ether oxygens (including phenoxy) is 2. The Labute approximate surface area is 169 Å². The third-order valence-corrected chi connectivity index (χ3v) is 5.14. The standard InChI is InChI=1S/C21H25N5O3/c1-28-18-11-16(12-19(13-18)29-2)23-21(27)25-9-7-24(8-10-25)15-17-14-22-20-5-3-4-6-26(17)20/h3-6,11-14H,7-10,15H2,1-2H3,(H,23,27). The van der Waals surface area contributed by atoms with E-state index in [4.69, 9.17) is 9.47 Å². The molecule has 1 fully saturated rings. The van der Waals surface area contributed by atoms with E-state index in [-0.39, 0.29) is 6.03 Å². The molecule has 0 spiro atoms. The van der Waals surface area contributed by atoms with Crippen LogP contribution in [0.15, 0.2) is 48.8 Å². The van der Waals surface area contributed by atoms with Crippen molar-refractivity contribution >= 4 is 17.4 Å². The van der Waals surface area contributed by atoms with Crippen molar-refractivity contribution in [2.75, 3.05) is 45.7 Å². The number of hydrogen-bond donors (Lipinski definition) is 1. The number of aromatic nitrogens is 2. The monoisotopic (exact) mass is 395 g/mol. The molecule has 2 aromatic heterocycles. The summed E-state index contributed by atoms with van der Waals surface area (Å²) in [5, 5.41) is 2.94. The predicted molar refractivity (Wildman–Crippen MR) is 111 cm³/mol. The Morgan fingerprint density at radius 1 is 1.07 bits per heavy atom. The van der Waals surface area contributed by atoms with Crippen molar-refractivity contribution in [2.45, 2.75) is 6.54 Å². The van der Waals surface area contributed by atoms with E-state index in [9.17, 15) is 4.79 Å². The lowest BCUT2D eigenvalue weighted by Crippen LogP contribution is -2.49. The van der Waals surface area contributed by atoms with Crippen LogP contribution < -0.4 is 14.8 Å². The Morgan fingerprint density at radius 2 is 1.79 bits per heavy atom. The molecule has 8 heteroatoms. The molecule has 1 N–H and O–H groups in total. The number of anilines is 1. The third kappa shape index (κ3) is 4.27. The largest absolute Gasteiger partial charge is 0.497 e. The molecule has 0 unspecified atom stereocenters. The summed E-state index contributed by atoms with van der Waals surface area (Å²) < 4.78 is 12.6. The maximum atomic E-state index is 12.7. The topological polar surface area (TPSA) is 71.3 Å². The molecule has 0 bridgehead atoms. The fourth-order valence-electron chi connectivity index (χ4n) is 3.52. The summed E-state index contributed by atoms with van der Waals surface area (Å²) in [6.07, 6.45) is 3.95. The van der Waals surface area contributed by atoms with E-state index in [0.29, 0.717) is 30.3 Å². The highest BCUT2D eigenvalue weighted by Crippen LogP contribution is 2.26. The molecule has 3 aromatic rings. The van der Waals surface area contributed by atoms with Crippen LogP contribution in [0.25, 0.3) is 5.65 Å². The van der Waals surface area contributed by atoms with Gasteiger partial charge in [0.15, 0.2) is 0 Å². The fraction of sp³-hybridized carbons (Fsp3) is 0.333. The number of imidazole rings is 1. The number of benzene rings is 1. The molecule has 0 aliphatic carbocycles. The van der Waals surface area contributed by atoms with Crippen LogP contribution in [-0.4, -0.2) is 65.6 Å². The van der Waals surface area contributed by atoms with Crippen LogP contribution in [0.5, 0.6) is 11.5 Å². The van der Waals surface area contributed by atoms with Crippen molar-refractivity contribution in [2.24, 2.45) is 0 Å². The van der Waals surface area contributed by atoms with Crippen molar-refractivity contribution in [3.05, 3.63) is 54.5 Å². The van der Waals surface area contributed by atoms with Crippen LogP contribution >= 0.6 is 0 Å². The Balaban J connectivity index is 1.34. The molecule has 2 amide bonds. The number of nitrogens with zero attached hydrogens (tertiary/aromatic N) is 4. The first-order valence-corrected chi connectivity index (χ1v) is 9.58. The number of piperazine rings is 1. The molecule has 1 aromatic carbocycles. The van der Waals surface area contributed by atoms with Crippen LogP contribution in [0, 0.1) is 0 Å². The number of hydrogen-bond acceptors (Lipinski definition) is 5. The molecular formula is C21H25N5O3. The van der Waals surface area contributed by atoms with Gasteiger partial charge < -0.3 is 24.1 Å². The summed E-state index contributed by atoms with van der Waals surface area (Å²) in [5.74, 6) is 1.27. The molecule has 0 atom stereocenters. The third-order valence-electron chi connectivity index (χ3n) is 5.14. The van der Waals surface area contributed by atoms with E-state index in [1.54, 1.807) is 32.4 Å². The molecule has 29 heavy (non-hydrogen) atoms. The normalized spacial score (nSPS) is 14.8. The molecule has 152 valence electrons. The number of urea groups is 1. The maximum absolute atomic E-state index is 12.7. The van der Waals surface area contributed by atoms with Crippen LogP contribution in [0.4, 0.5) is 10.5 Å². The van der Waals surface area contributed by atoms with Crippen LogP contribution in [0.3, 0.4) is 0 Å². The second kappa shape index (κ2) is 8.40. The van der Waals surface area contributed by atoms with Gasteiger partial charge in [-0.2, -0.15) is 0 Å². The van der Waals surface area contributed by atoms with Gasteiger partial charge in [-0.05, 0) is 12.1 Å². The van der Waals surface area contributed by atoms with Gasteiger partial charge in [0, 0.05) is 62.8 Å². The SMILES string of the molecule is COc1cc(NC(=O)N2CCN(Cc3cnc4ccccn34)CC2)cc(OC)c1. The minimum absolute atomic E-state index is 0.116. The molecule has 3 heterocycles. The molecule has 4 rings (SSSR count). The number of fused-ring (bicyclic) bond motifs is 1. The molecule has 0 saturated carbocycles. The van der Waals surface area contributed by atoms with Gasteiger partial charge >= 0.3 is 6.03 Å². The van der Waals surface area contributed by atoms with Gasteiger partial charge in [-0.3, -0.25) is 4.90 Å². The summed E-state index contributed by atoms with van der Waals surface area (Å²) in [6, 6.07) is 11.2. The number of methoxy groups -OCH3 is 2. The molecule has 8 nitrogen and oxygen atoms in total. The van der Waals surface area contributed by atoms with Crippen molar-refractivity contribution in [1.82, 2.24) is 19.2 Å². The summed E-state index contributed by atoms with van der Waals surface area (Å²) in [4.78, 5) is 21.3. The summed E-state index contributed by atoms with van der Waals surface area (Å²) >= 11 is 0. The molecule has 1 aliphatic rings. The van der Waals surface area contributed by atoms with Crippen LogP contribution in [0.1, 0.15) is 5.69 Å². The first kappa shape index (κ1) is 19.1. The number of carbonyl (C=O) groups is 1. The number of nitrogens with one attached hydrogen (secondary N) is 1. The summed E-state index contributed by atoms with van der Waals surface area (Å²) in [7, 11) is 3.17. The van der Waals surface area contributed by atoms with E-state index in [2.05, 4.69) is 19.6 Å². The first-order valence-electron chi connectivity index (χ1n) is 9.58. The minimum atomic E-state index is -0.116. The lowest BCUT2D eigenvalue weighted by Gasteiger charge is -2.34. The lowest BCUT2D eigenvalue weighted by atomic mass is 10.2. The van der Waals surface area contributed by atoms with E-state index in [1.807, 2.05) is 35.5 Å². The van der Waals surface area contributed by atoms with Gasteiger partial charge in [-0.25, -0.2) is 9.78 Å². The highest BCUT2D eigenvalue weighted by atomic mass is 16.5. The van der Waals surface area contributed by atoms with Crippen molar-refractivity contribution in [3.63, 3.8) is 0 Å². The fourth-order valence-corrected chi connectivity index (χ4v) is 3.52. The maximum Gasteiger partial charge on any atom is 0.321 e. The average molecular weight is 395 g/mol. The zero-order valence-electron chi connectivity index (χ0n) is 16.7. The van der Waals surface area contributed by atoms with Gasteiger partial charge in [-0.1, -0.05) is 6.07 Å². The second-order valence-electron chi connectivity index (χ2n) is 6.97. The number of rotatable bonds is 5. The number of carbonyl (C=O) groups excluding carboxylic acids is 1. The Kier molecular flexibility index (Phi) is 5.53. The molecule has 0 radical (unpaired) electrons. The summed E-state index contributed by atoms with van der Waals surface area (Å²) in [6.45, 7) is 3.78. The zero-order valence-corrected chi connectivity index (χ0v) is 16.7. The van der Waals surface area contributed by atoms with E-state index < -0.39 is 0 Å². The lowest BCUT2D eigenvalue weighted by molar-refractivity contribution is 0.142. The highest BCUT2D eigenvalue weighted by Gasteiger charge is 2.22. The average Bonchev–Trinajstić information content (AvgIpc) is 3.16. The first-order chi connectivity index (χ1) is 14.2. The van der Waals surface area contributed by atoms with Crippen molar-refractivity contribution in [3.8, 4) is 11.5 Å². The van der Waals surface area contributed by atoms with Crippen molar-refractivity contribution < 1.29 is 14.3 Å². The molecule has 1 saturated heterocycles. The second-order valence-corrected chi connectivity index (χ2v) is 6.97. The smallest absolute Gasteiger partial charge is 0.321 e. The van der Waals surface area contributed by atoms with Gasteiger partial charge in [0.1, 0.15) is 17.1 Å². The molecular weight excluding hydrogens is 370 g/mol. The van der Waals surface area contributed by atoms with E-state index >= 15 is 0 Å². The Bertz CT molecular complexity index is 973.